The van der Waals surface area contributed by atoms with Crippen LogP contribution in [0.1, 0.15) is 18.4 Å². The van der Waals surface area contributed by atoms with Gasteiger partial charge in [0.15, 0.2) is 11.5 Å². The van der Waals surface area contributed by atoms with E-state index in [1.165, 1.54) is 20.0 Å². The molecule has 4 nitrogen and oxygen atoms in total. The lowest BCUT2D eigenvalue weighted by atomic mass is 10.2. The molecule has 1 saturated heterocycles. The molecule has 1 aliphatic rings. The quantitative estimate of drug-likeness (QED) is 0.839. The number of nitrogens with one attached hydrogen (secondary N) is 1. The Bertz CT molecular complexity index is 457. The molecule has 1 fully saturated rings. The van der Waals surface area contributed by atoms with Gasteiger partial charge in [-0.05, 0) is 44.1 Å². The van der Waals surface area contributed by atoms with E-state index < -0.39 is 6.61 Å². The maximum absolute atomic E-state index is 12.4. The van der Waals surface area contributed by atoms with Gasteiger partial charge in [0.2, 0.25) is 0 Å². The predicted octanol–water partition coefficient (Wildman–Crippen LogP) is 2.48. The fraction of sp³-hybridized carbons (Fsp3) is 0.600. The van der Waals surface area contributed by atoms with Crippen LogP contribution >= 0.6 is 0 Å². The molecule has 0 spiro atoms. The summed E-state index contributed by atoms with van der Waals surface area (Å²) in [5.74, 6) is 0.388. The van der Waals surface area contributed by atoms with Gasteiger partial charge in [0.25, 0.3) is 0 Å². The summed E-state index contributed by atoms with van der Waals surface area (Å²) in [6.45, 7) is -0.197. The number of rotatable bonds is 7. The van der Waals surface area contributed by atoms with Crippen LogP contribution in [0.25, 0.3) is 0 Å². The lowest BCUT2D eigenvalue weighted by Crippen LogP contribution is -2.35. The summed E-state index contributed by atoms with van der Waals surface area (Å²) in [5.41, 5.74) is 0.895. The molecule has 0 saturated carbocycles. The SMILES string of the molecule is COc1ccc(CNCC2CCCN2C)cc1OC(F)F. The zero-order chi connectivity index (χ0) is 15.2. The normalized spacial score (nSPS) is 19.2. The van der Waals surface area contributed by atoms with E-state index in [0.29, 0.717) is 18.3 Å². The highest BCUT2D eigenvalue weighted by atomic mass is 19.3. The molecule has 1 N–H and O–H groups in total. The molecule has 1 atom stereocenters. The lowest BCUT2D eigenvalue weighted by Gasteiger charge is -2.20. The third-order valence-corrected chi connectivity index (χ3v) is 3.82. The molecule has 2 rings (SSSR count). The van der Waals surface area contributed by atoms with Gasteiger partial charge in [0.05, 0.1) is 7.11 Å². The summed E-state index contributed by atoms with van der Waals surface area (Å²) in [6, 6.07) is 5.65. The van der Waals surface area contributed by atoms with Crippen LogP contribution in [0.4, 0.5) is 8.78 Å². The monoisotopic (exact) mass is 300 g/mol. The van der Waals surface area contributed by atoms with Crippen LogP contribution in [-0.4, -0.2) is 44.8 Å². The minimum atomic E-state index is -2.85. The number of likely N-dealkylation sites (tertiary alicyclic amines) is 1. The number of benzene rings is 1. The summed E-state index contributed by atoms with van der Waals surface area (Å²) in [7, 11) is 3.56. The number of likely N-dealkylation sites (N-methyl/N-ethyl adjacent to an activating group) is 1. The van der Waals surface area contributed by atoms with E-state index in [-0.39, 0.29) is 5.75 Å². The topological polar surface area (TPSA) is 33.7 Å². The molecule has 0 radical (unpaired) electrons. The molecule has 0 amide bonds. The van der Waals surface area contributed by atoms with Gasteiger partial charge < -0.3 is 19.7 Å². The van der Waals surface area contributed by atoms with Gasteiger partial charge in [-0.2, -0.15) is 8.78 Å². The second kappa shape index (κ2) is 7.56. The van der Waals surface area contributed by atoms with Crippen LogP contribution in [0.3, 0.4) is 0 Å². The molecule has 1 heterocycles. The van der Waals surface area contributed by atoms with Gasteiger partial charge in [0, 0.05) is 19.1 Å². The zero-order valence-electron chi connectivity index (χ0n) is 12.4. The molecular weight excluding hydrogens is 278 g/mol. The Labute approximate surface area is 124 Å². The van der Waals surface area contributed by atoms with E-state index >= 15 is 0 Å². The van der Waals surface area contributed by atoms with E-state index in [1.54, 1.807) is 12.1 Å². The Hall–Kier alpha value is -1.40. The number of hydrogen-bond acceptors (Lipinski definition) is 4. The van der Waals surface area contributed by atoms with E-state index in [2.05, 4.69) is 22.0 Å². The van der Waals surface area contributed by atoms with E-state index in [4.69, 9.17) is 4.74 Å². The third-order valence-electron chi connectivity index (χ3n) is 3.82. The summed E-state index contributed by atoms with van der Waals surface area (Å²) in [5, 5.41) is 3.37. The van der Waals surface area contributed by atoms with Gasteiger partial charge in [-0.25, -0.2) is 0 Å². The van der Waals surface area contributed by atoms with Crippen LogP contribution in [0.2, 0.25) is 0 Å². The molecule has 0 bridgehead atoms. The summed E-state index contributed by atoms with van der Waals surface area (Å²) in [4.78, 5) is 2.34. The van der Waals surface area contributed by atoms with Crippen molar-refractivity contribution in [3.05, 3.63) is 23.8 Å². The highest BCUT2D eigenvalue weighted by molar-refractivity contribution is 5.42. The van der Waals surface area contributed by atoms with Gasteiger partial charge >= 0.3 is 6.61 Å². The number of ether oxygens (including phenoxy) is 2. The fourth-order valence-corrected chi connectivity index (χ4v) is 2.64. The van der Waals surface area contributed by atoms with Crippen molar-refractivity contribution >= 4 is 0 Å². The number of alkyl halides is 2. The summed E-state index contributed by atoms with van der Waals surface area (Å²) < 4.78 is 34.2. The van der Waals surface area contributed by atoms with E-state index in [1.807, 2.05) is 6.07 Å². The molecule has 0 aliphatic carbocycles. The van der Waals surface area contributed by atoms with Crippen molar-refractivity contribution in [1.82, 2.24) is 10.2 Å². The Balaban J connectivity index is 1.90. The van der Waals surface area contributed by atoms with Crippen molar-refractivity contribution in [3.63, 3.8) is 0 Å². The zero-order valence-corrected chi connectivity index (χ0v) is 12.4. The van der Waals surface area contributed by atoms with E-state index in [0.717, 1.165) is 18.7 Å². The minimum Gasteiger partial charge on any atom is -0.493 e. The smallest absolute Gasteiger partial charge is 0.387 e. The Morgan fingerprint density at radius 1 is 1.38 bits per heavy atom. The lowest BCUT2D eigenvalue weighted by molar-refractivity contribution is -0.0512. The number of halogens is 2. The van der Waals surface area contributed by atoms with Crippen LogP contribution in [0, 0.1) is 0 Å². The number of hydrogen-bond donors (Lipinski definition) is 1. The third kappa shape index (κ3) is 4.54. The van der Waals surface area contributed by atoms with Crippen molar-refractivity contribution in [1.29, 1.82) is 0 Å². The molecule has 1 aromatic rings. The summed E-state index contributed by atoms with van der Waals surface area (Å²) in [6.07, 6.45) is 2.43. The van der Waals surface area contributed by atoms with Gasteiger partial charge in [0.1, 0.15) is 0 Å². The molecule has 118 valence electrons. The average molecular weight is 300 g/mol. The standard InChI is InChI=1S/C15H22F2N2O2/c1-19-7-3-4-12(19)10-18-9-11-5-6-13(20-2)14(8-11)21-15(16)17/h5-6,8,12,15,18H,3-4,7,9-10H2,1-2H3. The molecule has 6 heteroatoms. The van der Waals surface area contributed by atoms with Crippen molar-refractivity contribution < 1.29 is 18.3 Å². The molecule has 1 aliphatic heterocycles. The predicted molar refractivity (Wildman–Crippen MR) is 77.0 cm³/mol. The second-order valence-corrected chi connectivity index (χ2v) is 5.27. The van der Waals surface area contributed by atoms with Gasteiger partial charge in [-0.1, -0.05) is 6.07 Å². The summed E-state index contributed by atoms with van der Waals surface area (Å²) >= 11 is 0. The first kappa shape index (κ1) is 16.0. The van der Waals surface area contributed by atoms with Crippen molar-refractivity contribution in [2.75, 3.05) is 27.2 Å². The van der Waals surface area contributed by atoms with E-state index in [9.17, 15) is 8.78 Å². The highest BCUT2D eigenvalue weighted by Crippen LogP contribution is 2.29. The van der Waals surface area contributed by atoms with Crippen LogP contribution in [-0.2, 0) is 6.54 Å². The molecule has 1 unspecified atom stereocenters. The van der Waals surface area contributed by atoms with Crippen molar-refractivity contribution in [2.45, 2.75) is 32.0 Å². The van der Waals surface area contributed by atoms with Crippen molar-refractivity contribution in [2.24, 2.45) is 0 Å². The van der Waals surface area contributed by atoms with Crippen LogP contribution in [0.15, 0.2) is 18.2 Å². The molecular formula is C15H22F2N2O2. The Morgan fingerprint density at radius 2 is 2.19 bits per heavy atom. The highest BCUT2D eigenvalue weighted by Gasteiger charge is 2.20. The van der Waals surface area contributed by atoms with Crippen LogP contribution < -0.4 is 14.8 Å². The Kier molecular flexibility index (Phi) is 5.76. The fourth-order valence-electron chi connectivity index (χ4n) is 2.64. The molecule has 0 aromatic heterocycles. The second-order valence-electron chi connectivity index (χ2n) is 5.27. The maximum atomic E-state index is 12.4. The minimum absolute atomic E-state index is 0.0739. The Morgan fingerprint density at radius 3 is 2.81 bits per heavy atom. The number of nitrogens with zero attached hydrogens (tertiary/aromatic N) is 1. The van der Waals surface area contributed by atoms with Gasteiger partial charge in [-0.15, -0.1) is 0 Å². The first-order valence-corrected chi connectivity index (χ1v) is 7.13. The van der Waals surface area contributed by atoms with Gasteiger partial charge in [-0.3, -0.25) is 0 Å². The average Bonchev–Trinajstić information content (AvgIpc) is 2.84. The first-order chi connectivity index (χ1) is 10.1. The maximum Gasteiger partial charge on any atom is 0.387 e. The van der Waals surface area contributed by atoms with Crippen LogP contribution in [0.5, 0.6) is 11.5 Å². The first-order valence-electron chi connectivity index (χ1n) is 7.13. The molecule has 1 aromatic carbocycles. The van der Waals surface area contributed by atoms with Crippen molar-refractivity contribution in [3.8, 4) is 11.5 Å². The molecule has 21 heavy (non-hydrogen) atoms. The number of methoxy groups -OCH3 is 1. The largest absolute Gasteiger partial charge is 0.493 e.